The fourth-order valence-corrected chi connectivity index (χ4v) is 2.71. The Morgan fingerprint density at radius 1 is 1.32 bits per heavy atom. The lowest BCUT2D eigenvalue weighted by molar-refractivity contribution is 0.113. The molecule has 0 saturated heterocycles. The number of rotatable bonds is 6. The molecule has 0 radical (unpaired) electrons. The molecule has 1 aromatic rings. The van der Waals surface area contributed by atoms with Crippen LogP contribution in [0, 0.1) is 0 Å². The minimum atomic E-state index is 0.186. The molecule has 1 fully saturated rings. The van der Waals surface area contributed by atoms with E-state index in [1.807, 2.05) is 13.8 Å². The van der Waals surface area contributed by atoms with E-state index in [2.05, 4.69) is 15.0 Å². The molecule has 1 heterocycles. The lowest BCUT2D eigenvalue weighted by Crippen LogP contribution is -2.38. The first-order valence-corrected chi connectivity index (χ1v) is 7.38. The van der Waals surface area contributed by atoms with E-state index in [9.17, 15) is 5.11 Å². The maximum absolute atomic E-state index is 9.23. The van der Waals surface area contributed by atoms with Crippen LogP contribution in [-0.2, 0) is 6.54 Å². The average Bonchev–Trinajstić information content (AvgIpc) is 2.88. The fraction of sp³-hybridized carbons (Fsp3) is 0.857. The fourth-order valence-electron chi connectivity index (χ4n) is 2.71. The zero-order valence-corrected chi connectivity index (χ0v) is 12.0. The highest BCUT2D eigenvalue weighted by Gasteiger charge is 2.22. The molecule has 19 heavy (non-hydrogen) atoms. The predicted molar refractivity (Wildman–Crippen MR) is 72.8 cm³/mol. The van der Waals surface area contributed by atoms with Crippen molar-refractivity contribution in [3.05, 3.63) is 11.7 Å². The number of hydrogen-bond acceptors (Lipinski definition) is 5. The normalized spacial score (nSPS) is 17.5. The highest BCUT2D eigenvalue weighted by molar-refractivity contribution is 4.91. The topological polar surface area (TPSA) is 62.4 Å². The lowest BCUT2D eigenvalue weighted by atomic mass is 9.94. The molecule has 1 N–H and O–H groups in total. The number of aromatic nitrogens is 2. The highest BCUT2D eigenvalue weighted by Crippen LogP contribution is 2.23. The van der Waals surface area contributed by atoms with E-state index in [0.29, 0.717) is 25.0 Å². The standard InChI is InChI=1S/C14H25N3O2/c1-11(2)14-15-13(16-19-14)10-17(8-9-18)12-6-4-3-5-7-12/h11-12,18H,3-10H2,1-2H3. The lowest BCUT2D eigenvalue weighted by Gasteiger charge is -2.32. The van der Waals surface area contributed by atoms with Crippen molar-refractivity contribution in [1.29, 1.82) is 0 Å². The van der Waals surface area contributed by atoms with Crippen LogP contribution < -0.4 is 0 Å². The summed E-state index contributed by atoms with van der Waals surface area (Å²) < 4.78 is 5.24. The van der Waals surface area contributed by atoms with Crippen molar-refractivity contribution in [2.24, 2.45) is 0 Å². The second-order valence-corrected chi connectivity index (χ2v) is 5.69. The molecule has 2 rings (SSSR count). The van der Waals surface area contributed by atoms with E-state index >= 15 is 0 Å². The molecule has 5 nitrogen and oxygen atoms in total. The number of hydrogen-bond donors (Lipinski definition) is 1. The maximum Gasteiger partial charge on any atom is 0.229 e. The van der Waals surface area contributed by atoms with Gasteiger partial charge in [0, 0.05) is 18.5 Å². The minimum Gasteiger partial charge on any atom is -0.395 e. The summed E-state index contributed by atoms with van der Waals surface area (Å²) >= 11 is 0. The zero-order valence-electron chi connectivity index (χ0n) is 12.0. The van der Waals surface area contributed by atoms with Crippen LogP contribution in [0.3, 0.4) is 0 Å². The van der Waals surface area contributed by atoms with E-state index in [1.54, 1.807) is 0 Å². The van der Waals surface area contributed by atoms with Crippen LogP contribution in [0.2, 0.25) is 0 Å². The molecular weight excluding hydrogens is 242 g/mol. The van der Waals surface area contributed by atoms with Gasteiger partial charge in [-0.05, 0) is 12.8 Å². The van der Waals surface area contributed by atoms with Crippen molar-refractivity contribution in [2.45, 2.75) is 64.5 Å². The first kappa shape index (κ1) is 14.5. The number of nitrogens with zero attached hydrogens (tertiary/aromatic N) is 3. The number of aliphatic hydroxyl groups excluding tert-OH is 1. The van der Waals surface area contributed by atoms with Crippen molar-refractivity contribution < 1.29 is 9.63 Å². The van der Waals surface area contributed by atoms with E-state index < -0.39 is 0 Å². The van der Waals surface area contributed by atoms with Crippen LogP contribution in [0.15, 0.2) is 4.52 Å². The summed E-state index contributed by atoms with van der Waals surface area (Å²) in [5, 5.41) is 13.3. The van der Waals surface area contributed by atoms with Crippen molar-refractivity contribution in [2.75, 3.05) is 13.2 Å². The molecule has 0 aromatic carbocycles. The Bertz CT molecular complexity index is 373. The summed E-state index contributed by atoms with van der Waals surface area (Å²) in [5.74, 6) is 1.70. The summed E-state index contributed by atoms with van der Waals surface area (Å²) in [7, 11) is 0. The predicted octanol–water partition coefficient (Wildman–Crippen LogP) is 2.32. The molecule has 5 heteroatoms. The monoisotopic (exact) mass is 267 g/mol. The quantitative estimate of drug-likeness (QED) is 0.857. The molecular formula is C14H25N3O2. The first-order chi connectivity index (χ1) is 9.20. The average molecular weight is 267 g/mol. The Kier molecular flexibility index (Phi) is 5.34. The van der Waals surface area contributed by atoms with Crippen molar-refractivity contribution in [1.82, 2.24) is 15.0 Å². The van der Waals surface area contributed by atoms with Gasteiger partial charge in [-0.25, -0.2) is 0 Å². The van der Waals surface area contributed by atoms with Crippen molar-refractivity contribution >= 4 is 0 Å². The molecule has 1 aliphatic carbocycles. The Hall–Kier alpha value is -0.940. The Balaban J connectivity index is 1.98. The highest BCUT2D eigenvalue weighted by atomic mass is 16.5. The third-order valence-corrected chi connectivity index (χ3v) is 3.80. The first-order valence-electron chi connectivity index (χ1n) is 7.38. The second-order valence-electron chi connectivity index (χ2n) is 5.69. The molecule has 1 aliphatic rings. The smallest absolute Gasteiger partial charge is 0.229 e. The van der Waals surface area contributed by atoms with Crippen molar-refractivity contribution in [3.63, 3.8) is 0 Å². The molecule has 0 aliphatic heterocycles. The van der Waals surface area contributed by atoms with E-state index in [4.69, 9.17) is 4.52 Å². The van der Waals surface area contributed by atoms with Crippen LogP contribution in [0.4, 0.5) is 0 Å². The van der Waals surface area contributed by atoms with Gasteiger partial charge < -0.3 is 9.63 Å². The SMILES string of the molecule is CC(C)c1nc(CN(CCO)C2CCCCC2)no1. The molecule has 0 unspecified atom stereocenters. The molecule has 0 spiro atoms. The minimum absolute atomic E-state index is 0.186. The summed E-state index contributed by atoms with van der Waals surface area (Å²) in [6, 6.07) is 0.557. The third kappa shape index (κ3) is 4.01. The largest absolute Gasteiger partial charge is 0.395 e. The summed E-state index contributed by atoms with van der Waals surface area (Å²) in [6.45, 7) is 5.65. The summed E-state index contributed by atoms with van der Waals surface area (Å²) in [5.41, 5.74) is 0. The molecule has 0 bridgehead atoms. The molecule has 1 aromatic heterocycles. The van der Waals surface area contributed by atoms with Gasteiger partial charge in [-0.15, -0.1) is 0 Å². The Morgan fingerprint density at radius 3 is 2.63 bits per heavy atom. The van der Waals surface area contributed by atoms with Gasteiger partial charge in [0.1, 0.15) is 0 Å². The van der Waals surface area contributed by atoms with Gasteiger partial charge in [-0.1, -0.05) is 38.3 Å². The van der Waals surface area contributed by atoms with Crippen molar-refractivity contribution in [3.8, 4) is 0 Å². The molecule has 0 atom stereocenters. The molecule has 0 amide bonds. The molecule has 1 saturated carbocycles. The Labute approximate surface area is 115 Å². The van der Waals surface area contributed by atoms with Crippen LogP contribution in [0.1, 0.15) is 63.6 Å². The Morgan fingerprint density at radius 2 is 2.05 bits per heavy atom. The maximum atomic E-state index is 9.23. The summed E-state index contributed by atoms with van der Waals surface area (Å²) in [4.78, 5) is 6.73. The van der Waals surface area contributed by atoms with Gasteiger partial charge >= 0.3 is 0 Å². The van der Waals surface area contributed by atoms with E-state index in [0.717, 1.165) is 5.82 Å². The van der Waals surface area contributed by atoms with E-state index in [-0.39, 0.29) is 12.5 Å². The van der Waals surface area contributed by atoms with Gasteiger partial charge in [0.15, 0.2) is 5.82 Å². The van der Waals surface area contributed by atoms with Crippen LogP contribution >= 0.6 is 0 Å². The number of aliphatic hydroxyl groups is 1. The van der Waals surface area contributed by atoms with E-state index in [1.165, 1.54) is 32.1 Å². The van der Waals surface area contributed by atoms with Gasteiger partial charge in [0.25, 0.3) is 0 Å². The van der Waals surface area contributed by atoms with Gasteiger partial charge in [-0.3, -0.25) is 4.90 Å². The third-order valence-electron chi connectivity index (χ3n) is 3.80. The van der Waals surface area contributed by atoms with Crippen LogP contribution in [0.25, 0.3) is 0 Å². The van der Waals surface area contributed by atoms with Crippen LogP contribution in [0.5, 0.6) is 0 Å². The van der Waals surface area contributed by atoms with Gasteiger partial charge in [0.05, 0.1) is 13.2 Å². The van der Waals surface area contributed by atoms with Gasteiger partial charge in [0.2, 0.25) is 5.89 Å². The van der Waals surface area contributed by atoms with Crippen LogP contribution in [-0.4, -0.2) is 39.3 Å². The summed E-state index contributed by atoms with van der Waals surface area (Å²) in [6.07, 6.45) is 6.35. The molecule has 108 valence electrons. The van der Waals surface area contributed by atoms with Gasteiger partial charge in [-0.2, -0.15) is 4.98 Å². The second kappa shape index (κ2) is 7.01. The zero-order chi connectivity index (χ0) is 13.7.